The molecule has 8 heteroatoms. The van der Waals surface area contributed by atoms with Crippen LogP contribution in [-0.2, 0) is 14.3 Å². The molecule has 164 valence electrons. The molecule has 5 atom stereocenters. The van der Waals surface area contributed by atoms with Gasteiger partial charge in [-0.25, -0.2) is 4.39 Å². The van der Waals surface area contributed by atoms with Crippen molar-refractivity contribution < 1.29 is 18.7 Å². The minimum atomic E-state index is -1.06. The number of thioether (sulfide) groups is 1. The largest absolute Gasteiger partial charge is 0.368 e. The summed E-state index contributed by atoms with van der Waals surface area (Å²) < 4.78 is 19.3. The Morgan fingerprint density at radius 3 is 2.48 bits per heavy atom. The van der Waals surface area contributed by atoms with Crippen molar-refractivity contribution in [3.63, 3.8) is 0 Å². The molecule has 5 unspecified atom stereocenters. The summed E-state index contributed by atoms with van der Waals surface area (Å²) in [7, 11) is 0. The van der Waals surface area contributed by atoms with Gasteiger partial charge in [0.05, 0.1) is 11.5 Å². The van der Waals surface area contributed by atoms with E-state index < -0.39 is 11.5 Å². The van der Waals surface area contributed by atoms with Crippen LogP contribution in [0.4, 0.5) is 4.39 Å². The molecule has 0 aromatic heterocycles. The molecule has 0 aromatic carbocycles. The number of hydrogen-bond donors (Lipinski definition) is 2. The van der Waals surface area contributed by atoms with Crippen molar-refractivity contribution >= 4 is 35.2 Å². The van der Waals surface area contributed by atoms with Gasteiger partial charge < -0.3 is 15.4 Å². The highest BCUT2D eigenvalue weighted by Crippen LogP contribution is 2.60. The van der Waals surface area contributed by atoms with Crippen molar-refractivity contribution in [3.05, 3.63) is 0 Å². The Kier molecular flexibility index (Phi) is 6.39. The van der Waals surface area contributed by atoms with Gasteiger partial charge in [-0.3, -0.25) is 9.59 Å². The van der Waals surface area contributed by atoms with E-state index in [1.54, 1.807) is 0 Å². The van der Waals surface area contributed by atoms with Crippen LogP contribution in [0.1, 0.15) is 64.2 Å². The van der Waals surface area contributed by atoms with E-state index in [1.807, 2.05) is 11.8 Å². The van der Waals surface area contributed by atoms with E-state index in [9.17, 15) is 14.0 Å². The van der Waals surface area contributed by atoms with E-state index in [0.29, 0.717) is 18.1 Å². The Hall–Kier alpha value is -0.530. The Bertz CT molecular complexity index is 632. The number of rotatable bonds is 7. The topological polar surface area (TPSA) is 67.4 Å². The monoisotopic (exact) mass is 446 g/mol. The van der Waals surface area contributed by atoms with Crippen molar-refractivity contribution in [1.29, 1.82) is 0 Å². The van der Waals surface area contributed by atoms with Crippen molar-refractivity contribution in [2.24, 2.45) is 5.92 Å². The van der Waals surface area contributed by atoms with Crippen molar-refractivity contribution in [3.8, 4) is 0 Å². The summed E-state index contributed by atoms with van der Waals surface area (Å²) in [5.41, 5.74) is -0.304. The Morgan fingerprint density at radius 2 is 1.79 bits per heavy atom. The molecule has 0 aliphatic heterocycles. The van der Waals surface area contributed by atoms with Gasteiger partial charge in [0, 0.05) is 28.7 Å². The average molecular weight is 447 g/mol. The molecule has 0 spiro atoms. The number of halogens is 2. The van der Waals surface area contributed by atoms with Gasteiger partial charge >= 0.3 is 0 Å². The summed E-state index contributed by atoms with van der Waals surface area (Å²) in [6, 6.07) is 0. The summed E-state index contributed by atoms with van der Waals surface area (Å²) in [6.07, 6.45) is 9.22. The first-order chi connectivity index (χ1) is 13.8. The second kappa shape index (κ2) is 8.54. The van der Waals surface area contributed by atoms with Crippen LogP contribution in [0.25, 0.3) is 0 Å². The molecule has 0 saturated heterocycles. The first-order valence-corrected chi connectivity index (χ1v) is 12.6. The zero-order chi connectivity index (χ0) is 20.6. The molecule has 0 heterocycles. The molecule has 29 heavy (non-hydrogen) atoms. The summed E-state index contributed by atoms with van der Waals surface area (Å²) in [4.78, 5) is 25.1. The van der Waals surface area contributed by atoms with Gasteiger partial charge in [-0.05, 0) is 51.2 Å². The van der Waals surface area contributed by atoms with Crippen molar-refractivity contribution in [1.82, 2.24) is 10.6 Å². The van der Waals surface area contributed by atoms with E-state index in [4.69, 9.17) is 16.3 Å². The molecule has 5 aliphatic carbocycles. The number of nitrogens with one attached hydrogen (secondary N) is 2. The van der Waals surface area contributed by atoms with Gasteiger partial charge in [-0.1, -0.05) is 12.8 Å². The van der Waals surface area contributed by atoms with Crippen LogP contribution in [0.5, 0.6) is 0 Å². The summed E-state index contributed by atoms with van der Waals surface area (Å²) in [5.74, 6) is 0.166. The Labute approximate surface area is 181 Å². The minimum Gasteiger partial charge on any atom is -0.368 e. The van der Waals surface area contributed by atoms with Crippen LogP contribution in [0.15, 0.2) is 0 Å². The maximum atomic E-state index is 13.7. The maximum absolute atomic E-state index is 13.7. The lowest BCUT2D eigenvalue weighted by Crippen LogP contribution is -2.84. The van der Waals surface area contributed by atoms with Crippen LogP contribution >= 0.6 is 23.4 Å². The molecule has 5 fully saturated rings. The zero-order valence-electron chi connectivity index (χ0n) is 17.1. The van der Waals surface area contributed by atoms with Gasteiger partial charge in [0.2, 0.25) is 11.8 Å². The molecule has 2 N–H and O–H groups in total. The van der Waals surface area contributed by atoms with Gasteiger partial charge in [0.1, 0.15) is 12.8 Å². The van der Waals surface area contributed by atoms with Crippen LogP contribution in [0.3, 0.4) is 0 Å². The summed E-state index contributed by atoms with van der Waals surface area (Å²) in [5, 5.41) is 6.37. The number of alkyl halides is 2. The highest BCUT2D eigenvalue weighted by Gasteiger charge is 2.69. The van der Waals surface area contributed by atoms with Crippen LogP contribution < -0.4 is 10.6 Å². The SMILES string of the molecule is CSC1CCCCC1C(=O)NC12CC(NC(=O)COC3CCC(Cl)C(F)C3)(C1)C2. The first kappa shape index (κ1) is 21.7. The van der Waals surface area contributed by atoms with Gasteiger partial charge in [0.15, 0.2) is 0 Å². The molecule has 0 aromatic rings. The Morgan fingerprint density at radius 1 is 1.10 bits per heavy atom. The third-order valence-corrected chi connectivity index (χ3v) is 8.92. The lowest BCUT2D eigenvalue weighted by atomic mass is 9.44. The molecule has 0 radical (unpaired) electrons. The van der Waals surface area contributed by atoms with Crippen LogP contribution in [0, 0.1) is 5.92 Å². The molecular formula is C21H32ClFN2O3S. The quantitative estimate of drug-likeness (QED) is 0.588. The van der Waals surface area contributed by atoms with Gasteiger partial charge in [-0.2, -0.15) is 11.8 Å². The second-order valence-electron chi connectivity index (χ2n) is 9.57. The zero-order valence-corrected chi connectivity index (χ0v) is 18.6. The third-order valence-electron chi connectivity index (χ3n) is 7.26. The second-order valence-corrected chi connectivity index (χ2v) is 11.2. The standard InChI is InChI=1S/C21H32ClFN2O3S/c1-29-17-5-3-2-4-14(17)19(27)25-21-10-20(11-21,12-21)24-18(26)9-28-13-6-7-15(22)16(23)8-13/h13-17H,2-12H2,1H3,(H,24,26)(H,25,27). The smallest absolute Gasteiger partial charge is 0.246 e. The number of ether oxygens (including phenoxy) is 1. The Balaban J connectivity index is 1.17. The molecule has 2 amide bonds. The molecule has 5 saturated carbocycles. The molecule has 5 aliphatic rings. The predicted molar refractivity (Wildman–Crippen MR) is 113 cm³/mol. The van der Waals surface area contributed by atoms with Gasteiger partial charge in [0.25, 0.3) is 0 Å². The molecule has 5 nitrogen and oxygen atoms in total. The van der Waals surface area contributed by atoms with E-state index in [0.717, 1.165) is 38.5 Å². The number of carbonyl (C=O) groups is 2. The van der Waals surface area contributed by atoms with E-state index in [-0.39, 0.29) is 47.9 Å². The van der Waals surface area contributed by atoms with Crippen molar-refractivity contribution in [2.75, 3.05) is 12.9 Å². The van der Waals surface area contributed by atoms with E-state index in [2.05, 4.69) is 16.9 Å². The minimum absolute atomic E-state index is 0.0388. The lowest BCUT2D eigenvalue weighted by molar-refractivity contribution is -0.155. The van der Waals surface area contributed by atoms with Crippen LogP contribution in [-0.4, -0.2) is 58.7 Å². The van der Waals surface area contributed by atoms with E-state index in [1.165, 1.54) is 6.42 Å². The fourth-order valence-corrected chi connectivity index (χ4v) is 7.02. The highest BCUT2D eigenvalue weighted by atomic mass is 35.5. The first-order valence-electron chi connectivity index (χ1n) is 10.9. The lowest BCUT2D eigenvalue weighted by Gasteiger charge is -2.70. The number of hydrogen-bond acceptors (Lipinski definition) is 4. The molecule has 5 rings (SSSR count). The summed E-state index contributed by atoms with van der Waals surface area (Å²) in [6.45, 7) is -0.0388. The van der Waals surface area contributed by atoms with Gasteiger partial charge in [-0.15, -0.1) is 11.6 Å². The van der Waals surface area contributed by atoms with E-state index >= 15 is 0 Å². The maximum Gasteiger partial charge on any atom is 0.246 e. The number of carbonyl (C=O) groups excluding carboxylic acids is 2. The van der Waals surface area contributed by atoms with Crippen LogP contribution in [0.2, 0.25) is 0 Å². The third kappa shape index (κ3) is 4.57. The van der Waals surface area contributed by atoms with Crippen molar-refractivity contribution in [2.45, 2.75) is 98.2 Å². The fourth-order valence-electron chi connectivity index (χ4n) is 5.81. The molecular weight excluding hydrogens is 415 g/mol. The average Bonchev–Trinajstić information content (AvgIpc) is 2.66. The fraction of sp³-hybridized carbons (Fsp3) is 0.905. The number of amides is 2. The predicted octanol–water partition coefficient (Wildman–Crippen LogP) is 3.33. The normalized spacial score (nSPS) is 43.6. The highest BCUT2D eigenvalue weighted by molar-refractivity contribution is 7.99. The molecule has 2 bridgehead atoms. The summed E-state index contributed by atoms with van der Waals surface area (Å²) >= 11 is 7.70.